The van der Waals surface area contributed by atoms with E-state index in [1.807, 2.05) is 35.8 Å². The lowest BCUT2D eigenvalue weighted by Gasteiger charge is -2.12. The van der Waals surface area contributed by atoms with Crippen LogP contribution in [0.1, 0.15) is 5.69 Å². The largest absolute Gasteiger partial charge is 0.337 e. The minimum atomic E-state index is -3.61. The van der Waals surface area contributed by atoms with Crippen molar-refractivity contribution in [1.82, 2.24) is 13.9 Å². The summed E-state index contributed by atoms with van der Waals surface area (Å²) >= 11 is 0. The Balaban J connectivity index is 0.00000225. The number of nitrogens with zero attached hydrogens (tertiary/aromatic N) is 3. The van der Waals surface area contributed by atoms with Crippen LogP contribution in [0.25, 0.3) is 22.0 Å². The van der Waals surface area contributed by atoms with E-state index in [4.69, 9.17) is 5.73 Å². The van der Waals surface area contributed by atoms with Crippen LogP contribution in [-0.4, -0.2) is 42.9 Å². The van der Waals surface area contributed by atoms with Crippen LogP contribution in [-0.2, 0) is 16.6 Å². The zero-order valence-corrected chi connectivity index (χ0v) is 19.3. The first kappa shape index (κ1) is 26.1. The zero-order valence-electron chi connectivity index (χ0n) is 16.9. The van der Waals surface area contributed by atoms with Crippen LogP contribution < -0.4 is 5.73 Å². The maximum Gasteiger partial charge on any atom is 0.244 e. The molecule has 0 amide bonds. The molecule has 30 heavy (non-hydrogen) atoms. The number of pyridine rings is 1. The maximum absolute atomic E-state index is 14.2. The van der Waals surface area contributed by atoms with Crippen molar-refractivity contribution in [2.75, 3.05) is 20.6 Å². The number of benzene rings is 1. The van der Waals surface area contributed by atoms with E-state index in [0.29, 0.717) is 5.56 Å². The second-order valence-electron chi connectivity index (χ2n) is 6.65. The molecular formula is C20H25Cl2FN4O2S. The number of rotatable bonds is 6. The van der Waals surface area contributed by atoms with E-state index < -0.39 is 10.0 Å². The van der Waals surface area contributed by atoms with Gasteiger partial charge in [-0.05, 0) is 25.1 Å². The van der Waals surface area contributed by atoms with Crippen LogP contribution in [0.4, 0.5) is 4.39 Å². The van der Waals surface area contributed by atoms with Gasteiger partial charge in [0.1, 0.15) is 10.7 Å². The van der Waals surface area contributed by atoms with Crippen molar-refractivity contribution in [3.8, 4) is 11.1 Å². The fourth-order valence-corrected chi connectivity index (χ4v) is 4.14. The van der Waals surface area contributed by atoms with Crippen LogP contribution in [0.2, 0.25) is 0 Å². The van der Waals surface area contributed by atoms with E-state index in [1.54, 1.807) is 12.3 Å². The Labute approximate surface area is 188 Å². The molecule has 0 atom stereocenters. The van der Waals surface area contributed by atoms with Gasteiger partial charge < -0.3 is 10.3 Å². The van der Waals surface area contributed by atoms with Gasteiger partial charge in [0.25, 0.3) is 0 Å². The minimum absolute atomic E-state index is 0. The lowest BCUT2D eigenvalue weighted by molar-refractivity contribution is 0.520. The van der Waals surface area contributed by atoms with Crippen molar-refractivity contribution in [2.24, 2.45) is 5.73 Å². The monoisotopic (exact) mass is 474 g/mol. The number of hydrogen-bond acceptors (Lipinski definition) is 4. The van der Waals surface area contributed by atoms with Crippen LogP contribution >= 0.6 is 24.8 Å². The second-order valence-corrected chi connectivity index (χ2v) is 8.80. The summed E-state index contributed by atoms with van der Waals surface area (Å²) in [5, 5.41) is 0.904. The van der Waals surface area contributed by atoms with E-state index in [2.05, 4.69) is 4.98 Å². The zero-order chi connectivity index (χ0) is 20.5. The molecule has 0 spiro atoms. The van der Waals surface area contributed by atoms with E-state index in [0.717, 1.165) is 26.5 Å². The normalized spacial score (nSPS) is 12.0. The van der Waals surface area contributed by atoms with E-state index in [1.165, 1.54) is 26.4 Å². The van der Waals surface area contributed by atoms with E-state index in [-0.39, 0.29) is 48.6 Å². The number of halogens is 3. The van der Waals surface area contributed by atoms with Crippen molar-refractivity contribution in [1.29, 1.82) is 0 Å². The topological polar surface area (TPSA) is 81.2 Å². The van der Waals surface area contributed by atoms with Crippen molar-refractivity contribution < 1.29 is 12.8 Å². The first-order valence-electron chi connectivity index (χ1n) is 8.77. The number of sulfonamides is 1. The number of nitrogens with two attached hydrogens (primary N) is 1. The standard InChI is InChI=1S/C20H23FN4O2S.2ClH/c1-14-20(15-10-17(12-23-11-15)28(26,27)24(2)3)18-6-4-5-7-19(18)25(14)13-16(21)8-9-22;;/h4-8,10-12H,9,13,22H2,1-3H3;2*1H/b16-8-;;. The van der Waals surface area contributed by atoms with Gasteiger partial charge in [-0.15, -0.1) is 24.8 Å². The van der Waals surface area contributed by atoms with E-state index in [9.17, 15) is 12.8 Å². The highest BCUT2D eigenvalue weighted by Crippen LogP contribution is 2.35. The average molecular weight is 475 g/mol. The Morgan fingerprint density at radius 1 is 1.23 bits per heavy atom. The Hall–Kier alpha value is -1.97. The average Bonchev–Trinajstić information content (AvgIpc) is 2.94. The molecule has 2 aromatic heterocycles. The Morgan fingerprint density at radius 2 is 1.90 bits per heavy atom. The summed E-state index contributed by atoms with van der Waals surface area (Å²) in [7, 11) is -0.656. The predicted molar refractivity (Wildman–Crippen MR) is 124 cm³/mol. The van der Waals surface area contributed by atoms with Gasteiger partial charge >= 0.3 is 0 Å². The summed E-state index contributed by atoms with van der Waals surface area (Å²) < 4.78 is 42.2. The molecule has 3 aromatic rings. The lowest BCUT2D eigenvalue weighted by atomic mass is 10.0. The number of para-hydroxylation sites is 1. The Kier molecular flexibility index (Phi) is 9.01. The predicted octanol–water partition coefficient (Wildman–Crippen LogP) is 3.92. The third-order valence-electron chi connectivity index (χ3n) is 4.66. The summed E-state index contributed by atoms with van der Waals surface area (Å²) in [6, 6.07) is 9.24. The molecule has 0 saturated heterocycles. The lowest BCUT2D eigenvalue weighted by Crippen LogP contribution is -2.22. The molecule has 0 aliphatic rings. The van der Waals surface area contributed by atoms with Gasteiger partial charge in [-0.25, -0.2) is 17.1 Å². The van der Waals surface area contributed by atoms with Gasteiger partial charge in [0.15, 0.2) is 0 Å². The molecule has 164 valence electrons. The van der Waals surface area contributed by atoms with Crippen molar-refractivity contribution in [2.45, 2.75) is 18.4 Å². The number of fused-ring (bicyclic) bond motifs is 1. The highest BCUT2D eigenvalue weighted by atomic mass is 35.5. The number of allylic oxidation sites excluding steroid dienone is 1. The molecule has 2 heterocycles. The molecular weight excluding hydrogens is 450 g/mol. The molecule has 2 N–H and O–H groups in total. The summed E-state index contributed by atoms with van der Waals surface area (Å²) in [5.74, 6) is -0.319. The van der Waals surface area contributed by atoms with Gasteiger partial charge in [0.05, 0.1) is 6.54 Å². The summed E-state index contributed by atoms with van der Waals surface area (Å²) in [6.45, 7) is 2.08. The van der Waals surface area contributed by atoms with Gasteiger partial charge in [0, 0.05) is 60.8 Å². The third kappa shape index (κ3) is 4.84. The third-order valence-corrected chi connectivity index (χ3v) is 6.44. The highest BCUT2D eigenvalue weighted by Gasteiger charge is 2.21. The Bertz CT molecular complexity index is 1160. The molecule has 1 aromatic carbocycles. The van der Waals surface area contributed by atoms with E-state index >= 15 is 0 Å². The van der Waals surface area contributed by atoms with Crippen molar-refractivity contribution in [3.63, 3.8) is 0 Å². The summed E-state index contributed by atoms with van der Waals surface area (Å²) in [5.41, 5.74) is 8.60. The molecule has 0 aliphatic carbocycles. The van der Waals surface area contributed by atoms with Crippen molar-refractivity contribution in [3.05, 3.63) is 60.3 Å². The molecule has 6 nitrogen and oxygen atoms in total. The van der Waals surface area contributed by atoms with Crippen LogP contribution in [0.5, 0.6) is 0 Å². The molecule has 0 unspecified atom stereocenters. The van der Waals surface area contributed by atoms with Gasteiger partial charge in [0.2, 0.25) is 10.0 Å². The van der Waals surface area contributed by atoms with Gasteiger partial charge in [-0.1, -0.05) is 18.2 Å². The molecule has 0 aliphatic heterocycles. The first-order chi connectivity index (χ1) is 13.3. The van der Waals surface area contributed by atoms with Crippen molar-refractivity contribution >= 4 is 45.7 Å². The van der Waals surface area contributed by atoms with Crippen LogP contribution in [0.15, 0.2) is 59.5 Å². The van der Waals surface area contributed by atoms with Crippen LogP contribution in [0.3, 0.4) is 0 Å². The molecule has 0 fully saturated rings. The SMILES string of the molecule is Cc1c(-c2cncc(S(=O)(=O)N(C)C)c2)c2ccccc2n1C/C(F)=C/CN.Cl.Cl. The maximum atomic E-state index is 14.2. The smallest absolute Gasteiger partial charge is 0.244 e. The van der Waals surface area contributed by atoms with Crippen LogP contribution in [0, 0.1) is 6.92 Å². The fraction of sp³-hybridized carbons (Fsp3) is 0.250. The number of hydrogen-bond donors (Lipinski definition) is 1. The molecule has 3 rings (SSSR count). The number of aromatic nitrogens is 2. The molecule has 10 heteroatoms. The molecule has 0 bridgehead atoms. The quantitative estimate of drug-likeness (QED) is 0.586. The molecule has 0 saturated carbocycles. The Morgan fingerprint density at radius 3 is 2.53 bits per heavy atom. The molecule has 0 radical (unpaired) electrons. The van der Waals surface area contributed by atoms with Gasteiger partial charge in [-0.3, -0.25) is 4.98 Å². The summed E-state index contributed by atoms with van der Waals surface area (Å²) in [4.78, 5) is 4.25. The summed E-state index contributed by atoms with van der Waals surface area (Å²) in [6.07, 6.45) is 4.30. The second kappa shape index (κ2) is 10.4. The first-order valence-corrected chi connectivity index (χ1v) is 10.2. The minimum Gasteiger partial charge on any atom is -0.337 e. The highest BCUT2D eigenvalue weighted by molar-refractivity contribution is 7.89. The fourth-order valence-electron chi connectivity index (χ4n) is 3.25. The van der Waals surface area contributed by atoms with Gasteiger partial charge in [-0.2, -0.15) is 0 Å².